The van der Waals surface area contributed by atoms with Crippen LogP contribution in [0.3, 0.4) is 0 Å². The van der Waals surface area contributed by atoms with E-state index in [0.29, 0.717) is 45.4 Å². The van der Waals surface area contributed by atoms with E-state index in [4.69, 9.17) is 18.9 Å². The van der Waals surface area contributed by atoms with Gasteiger partial charge in [0.1, 0.15) is 25.1 Å². The molecule has 0 radical (unpaired) electrons. The molecule has 1 atom stereocenters. The molecule has 190 valence electrons. The Balaban J connectivity index is 1.38. The molecule has 1 saturated heterocycles. The number of carbonyl (C=O) groups excluding carboxylic acids is 1. The monoisotopic (exact) mass is 482 g/mol. The van der Waals surface area contributed by atoms with Crippen LogP contribution in [-0.4, -0.2) is 67.9 Å². The van der Waals surface area contributed by atoms with Crippen LogP contribution in [0.1, 0.15) is 38.3 Å². The van der Waals surface area contributed by atoms with Gasteiger partial charge in [-0.3, -0.25) is 9.69 Å². The van der Waals surface area contributed by atoms with E-state index < -0.39 is 6.10 Å². The lowest BCUT2D eigenvalue weighted by Crippen LogP contribution is -2.51. The minimum atomic E-state index is -0.466. The van der Waals surface area contributed by atoms with Crippen molar-refractivity contribution in [3.63, 3.8) is 0 Å². The van der Waals surface area contributed by atoms with Gasteiger partial charge in [-0.05, 0) is 47.7 Å². The highest BCUT2D eigenvalue weighted by atomic mass is 16.6. The molecule has 4 rings (SSSR count). The SMILES string of the molecule is CCCOc1ccc(CN2CCOC(C(=O)N(Cc3ccc4c(c3)OCCO4)CC(C)C)C2)cc1. The van der Waals surface area contributed by atoms with Gasteiger partial charge in [0.15, 0.2) is 11.5 Å². The fourth-order valence-electron chi connectivity index (χ4n) is 4.45. The van der Waals surface area contributed by atoms with Crippen molar-refractivity contribution in [1.82, 2.24) is 9.80 Å². The van der Waals surface area contributed by atoms with Crippen molar-refractivity contribution in [2.75, 3.05) is 46.1 Å². The molecule has 1 fully saturated rings. The minimum absolute atomic E-state index is 0.0432. The maximum atomic E-state index is 13.6. The summed E-state index contributed by atoms with van der Waals surface area (Å²) in [5.41, 5.74) is 2.23. The van der Waals surface area contributed by atoms with Gasteiger partial charge >= 0.3 is 0 Å². The standard InChI is InChI=1S/C28H38N2O5/c1-4-12-32-24-8-5-22(6-9-24)18-29-11-13-33-27(20-29)28(31)30(17-21(2)3)19-23-7-10-25-26(16-23)35-15-14-34-25/h5-10,16,21,27H,4,11-15,17-20H2,1-3H3. The van der Waals surface area contributed by atoms with Crippen LogP contribution in [0.4, 0.5) is 0 Å². The first-order chi connectivity index (χ1) is 17.0. The van der Waals surface area contributed by atoms with Crippen molar-refractivity contribution < 1.29 is 23.7 Å². The number of benzene rings is 2. The smallest absolute Gasteiger partial charge is 0.253 e. The number of morpholine rings is 1. The molecule has 2 heterocycles. The summed E-state index contributed by atoms with van der Waals surface area (Å²) in [6.45, 7) is 12.1. The second-order valence-electron chi connectivity index (χ2n) is 9.68. The second kappa shape index (κ2) is 12.3. The minimum Gasteiger partial charge on any atom is -0.494 e. The van der Waals surface area contributed by atoms with E-state index in [1.807, 2.05) is 35.2 Å². The molecule has 1 amide bonds. The lowest BCUT2D eigenvalue weighted by atomic mass is 10.1. The summed E-state index contributed by atoms with van der Waals surface area (Å²) >= 11 is 0. The second-order valence-corrected chi connectivity index (χ2v) is 9.68. The highest BCUT2D eigenvalue weighted by molar-refractivity contribution is 5.81. The van der Waals surface area contributed by atoms with E-state index in [1.54, 1.807) is 0 Å². The van der Waals surface area contributed by atoms with E-state index in [-0.39, 0.29) is 5.91 Å². The van der Waals surface area contributed by atoms with Gasteiger partial charge in [0, 0.05) is 32.7 Å². The number of nitrogens with zero attached hydrogens (tertiary/aromatic N) is 2. The van der Waals surface area contributed by atoms with Crippen molar-refractivity contribution in [3.8, 4) is 17.2 Å². The predicted molar refractivity (Wildman–Crippen MR) is 135 cm³/mol. The first-order valence-electron chi connectivity index (χ1n) is 12.7. The summed E-state index contributed by atoms with van der Waals surface area (Å²) in [6.07, 6.45) is 0.528. The number of ether oxygens (including phenoxy) is 4. The average Bonchev–Trinajstić information content (AvgIpc) is 2.87. The highest BCUT2D eigenvalue weighted by Gasteiger charge is 2.31. The molecule has 0 spiro atoms. The molecule has 2 aliphatic heterocycles. The van der Waals surface area contributed by atoms with Crippen LogP contribution in [0.15, 0.2) is 42.5 Å². The Morgan fingerprint density at radius 2 is 1.80 bits per heavy atom. The third kappa shape index (κ3) is 7.12. The Morgan fingerprint density at radius 3 is 2.54 bits per heavy atom. The van der Waals surface area contributed by atoms with Gasteiger partial charge in [-0.25, -0.2) is 0 Å². The predicted octanol–water partition coefficient (Wildman–Crippen LogP) is 4.13. The fourth-order valence-corrected chi connectivity index (χ4v) is 4.45. The molecule has 0 N–H and O–H groups in total. The zero-order valence-corrected chi connectivity index (χ0v) is 21.2. The maximum Gasteiger partial charge on any atom is 0.253 e. The zero-order valence-electron chi connectivity index (χ0n) is 21.2. The molecular weight excluding hydrogens is 444 g/mol. The molecule has 1 unspecified atom stereocenters. The Hall–Kier alpha value is -2.77. The van der Waals surface area contributed by atoms with Gasteiger partial charge in [0.2, 0.25) is 0 Å². The third-order valence-electron chi connectivity index (χ3n) is 6.11. The number of fused-ring (bicyclic) bond motifs is 1. The maximum absolute atomic E-state index is 13.6. The largest absolute Gasteiger partial charge is 0.494 e. The van der Waals surface area contributed by atoms with Crippen LogP contribution in [0, 0.1) is 5.92 Å². The Labute approximate surface area is 208 Å². The summed E-state index contributed by atoms with van der Waals surface area (Å²) in [5, 5.41) is 0. The number of amides is 1. The van der Waals surface area contributed by atoms with Crippen molar-refractivity contribution in [2.45, 2.75) is 46.4 Å². The molecule has 0 bridgehead atoms. The van der Waals surface area contributed by atoms with Gasteiger partial charge in [-0.1, -0.05) is 39.0 Å². The lowest BCUT2D eigenvalue weighted by molar-refractivity contribution is -0.151. The molecular formula is C28H38N2O5. The quantitative estimate of drug-likeness (QED) is 0.508. The van der Waals surface area contributed by atoms with Gasteiger partial charge in [-0.2, -0.15) is 0 Å². The third-order valence-corrected chi connectivity index (χ3v) is 6.11. The first-order valence-corrected chi connectivity index (χ1v) is 12.7. The van der Waals surface area contributed by atoms with Crippen molar-refractivity contribution in [1.29, 1.82) is 0 Å². The molecule has 2 aliphatic rings. The molecule has 2 aromatic carbocycles. The summed E-state index contributed by atoms with van der Waals surface area (Å²) in [7, 11) is 0. The van der Waals surface area contributed by atoms with Gasteiger partial charge in [0.05, 0.1) is 13.2 Å². The molecule has 7 nitrogen and oxygen atoms in total. The number of carbonyl (C=O) groups is 1. The Kier molecular flexibility index (Phi) is 8.88. The summed E-state index contributed by atoms with van der Waals surface area (Å²) in [6, 6.07) is 14.2. The van der Waals surface area contributed by atoms with E-state index >= 15 is 0 Å². The average molecular weight is 483 g/mol. The van der Waals surface area contributed by atoms with Gasteiger partial charge in [-0.15, -0.1) is 0 Å². The normalized spacial score (nSPS) is 17.9. The molecule has 0 aromatic heterocycles. The van der Waals surface area contributed by atoms with Crippen LogP contribution in [0.2, 0.25) is 0 Å². The van der Waals surface area contributed by atoms with E-state index in [0.717, 1.165) is 48.9 Å². The van der Waals surface area contributed by atoms with E-state index in [9.17, 15) is 4.79 Å². The topological polar surface area (TPSA) is 60.5 Å². The summed E-state index contributed by atoms with van der Waals surface area (Å²) in [5.74, 6) is 2.80. The summed E-state index contributed by atoms with van der Waals surface area (Å²) < 4.78 is 23.0. The number of rotatable bonds is 10. The summed E-state index contributed by atoms with van der Waals surface area (Å²) in [4.78, 5) is 17.8. The lowest BCUT2D eigenvalue weighted by Gasteiger charge is -2.35. The van der Waals surface area contributed by atoms with Gasteiger partial charge in [0.25, 0.3) is 5.91 Å². The van der Waals surface area contributed by atoms with Crippen molar-refractivity contribution >= 4 is 5.91 Å². The Bertz CT molecular complexity index is 962. The van der Waals surface area contributed by atoms with E-state index in [2.05, 4.69) is 37.8 Å². The van der Waals surface area contributed by atoms with Crippen molar-refractivity contribution in [3.05, 3.63) is 53.6 Å². The van der Waals surface area contributed by atoms with Gasteiger partial charge < -0.3 is 23.8 Å². The van der Waals surface area contributed by atoms with Crippen LogP contribution in [-0.2, 0) is 22.6 Å². The van der Waals surface area contributed by atoms with Crippen LogP contribution >= 0.6 is 0 Å². The molecule has 35 heavy (non-hydrogen) atoms. The van der Waals surface area contributed by atoms with E-state index in [1.165, 1.54) is 5.56 Å². The number of hydrogen-bond acceptors (Lipinski definition) is 6. The Morgan fingerprint density at radius 1 is 1.06 bits per heavy atom. The highest BCUT2D eigenvalue weighted by Crippen LogP contribution is 2.31. The molecule has 0 aliphatic carbocycles. The molecule has 2 aromatic rings. The number of hydrogen-bond donors (Lipinski definition) is 0. The van der Waals surface area contributed by atoms with Crippen LogP contribution in [0.5, 0.6) is 17.2 Å². The molecule has 7 heteroatoms. The van der Waals surface area contributed by atoms with Crippen molar-refractivity contribution in [2.24, 2.45) is 5.92 Å². The zero-order chi connectivity index (χ0) is 24.6. The van der Waals surface area contributed by atoms with Crippen LogP contribution < -0.4 is 14.2 Å². The first kappa shape index (κ1) is 25.3. The van der Waals surface area contributed by atoms with Crippen LogP contribution in [0.25, 0.3) is 0 Å². The molecule has 0 saturated carbocycles. The fraction of sp³-hybridized carbons (Fsp3) is 0.536.